The Bertz CT molecular complexity index is 617. The minimum Gasteiger partial charge on any atom is -0.377 e. The fourth-order valence-corrected chi connectivity index (χ4v) is 3.51. The maximum Gasteiger partial charge on any atom is 0.264 e. The molecular weight excluding hydrogens is 272 g/mol. The van der Waals surface area contributed by atoms with Gasteiger partial charge in [0.05, 0.1) is 24.1 Å². The molecule has 1 unspecified atom stereocenters. The lowest BCUT2D eigenvalue weighted by molar-refractivity contribution is -0.00440. The maximum absolute atomic E-state index is 12.8. The highest BCUT2D eigenvalue weighted by atomic mass is 32.1. The first-order valence-corrected chi connectivity index (χ1v) is 7.60. The van der Waals surface area contributed by atoms with Crippen LogP contribution in [0.4, 0.5) is 0 Å². The number of carbonyl (C=O) groups is 1. The van der Waals surface area contributed by atoms with Crippen molar-refractivity contribution in [2.24, 2.45) is 7.05 Å². The fraction of sp³-hybridized carbons (Fsp3) is 0.400. The number of ether oxygens (including phenoxy) is 1. The van der Waals surface area contributed by atoms with E-state index in [2.05, 4.69) is 10.6 Å². The SMILES string of the molecule is Cc1ccsc1C(=O)N1CCOCC1c1cccn1C. The van der Waals surface area contributed by atoms with E-state index in [1.165, 1.54) is 11.3 Å². The van der Waals surface area contributed by atoms with Crippen molar-refractivity contribution < 1.29 is 9.53 Å². The number of thiophene rings is 1. The number of morpholine rings is 1. The van der Waals surface area contributed by atoms with E-state index in [4.69, 9.17) is 4.74 Å². The molecule has 4 nitrogen and oxygen atoms in total. The largest absolute Gasteiger partial charge is 0.377 e. The fourth-order valence-electron chi connectivity index (χ4n) is 2.63. The number of hydrogen-bond acceptors (Lipinski definition) is 3. The van der Waals surface area contributed by atoms with Gasteiger partial charge >= 0.3 is 0 Å². The second-order valence-corrected chi connectivity index (χ2v) is 5.98. The third-order valence-corrected chi connectivity index (χ3v) is 4.78. The molecule has 0 aliphatic carbocycles. The lowest BCUT2D eigenvalue weighted by Crippen LogP contribution is -2.44. The van der Waals surface area contributed by atoms with Gasteiger partial charge in [-0.2, -0.15) is 0 Å². The highest BCUT2D eigenvalue weighted by Gasteiger charge is 2.31. The van der Waals surface area contributed by atoms with Crippen LogP contribution in [0.5, 0.6) is 0 Å². The van der Waals surface area contributed by atoms with Crippen molar-refractivity contribution in [1.29, 1.82) is 0 Å². The molecule has 1 saturated heterocycles. The van der Waals surface area contributed by atoms with Crippen LogP contribution in [0.3, 0.4) is 0 Å². The molecule has 3 rings (SSSR count). The summed E-state index contributed by atoms with van der Waals surface area (Å²) >= 11 is 1.52. The van der Waals surface area contributed by atoms with Crippen LogP contribution in [-0.2, 0) is 11.8 Å². The van der Waals surface area contributed by atoms with Crippen LogP contribution in [0.1, 0.15) is 27.0 Å². The number of hydrogen-bond donors (Lipinski definition) is 0. The third-order valence-electron chi connectivity index (χ3n) is 3.77. The first kappa shape index (κ1) is 13.4. The molecule has 1 amide bonds. The van der Waals surface area contributed by atoms with Gasteiger partial charge in [0, 0.05) is 25.5 Å². The van der Waals surface area contributed by atoms with Crippen LogP contribution in [0.15, 0.2) is 29.8 Å². The standard InChI is InChI=1S/C15H18N2O2S/c1-11-5-9-20-14(11)15(18)17-7-8-19-10-13(17)12-4-3-6-16(12)2/h3-6,9,13H,7-8,10H2,1-2H3. The van der Waals surface area contributed by atoms with Crippen molar-refractivity contribution >= 4 is 17.2 Å². The van der Waals surface area contributed by atoms with E-state index in [1.54, 1.807) is 0 Å². The normalized spacial score (nSPS) is 19.3. The van der Waals surface area contributed by atoms with Crippen LogP contribution in [0, 0.1) is 6.92 Å². The second kappa shape index (κ2) is 5.42. The van der Waals surface area contributed by atoms with Gasteiger partial charge in [-0.05, 0) is 36.1 Å². The number of amides is 1. The third kappa shape index (κ3) is 2.27. The van der Waals surface area contributed by atoms with Crippen molar-refractivity contribution in [3.63, 3.8) is 0 Å². The molecule has 2 aromatic rings. The van der Waals surface area contributed by atoms with Gasteiger partial charge in [0.15, 0.2) is 0 Å². The molecule has 0 radical (unpaired) electrons. The van der Waals surface area contributed by atoms with Crippen LogP contribution in [0.2, 0.25) is 0 Å². The average Bonchev–Trinajstić information content (AvgIpc) is 3.06. The molecule has 2 aromatic heterocycles. The van der Waals surface area contributed by atoms with E-state index >= 15 is 0 Å². The summed E-state index contributed by atoms with van der Waals surface area (Å²) in [6.07, 6.45) is 2.00. The molecule has 5 heteroatoms. The van der Waals surface area contributed by atoms with Gasteiger partial charge in [0.1, 0.15) is 0 Å². The molecule has 1 aliphatic rings. The number of nitrogens with zero attached hydrogens (tertiary/aromatic N) is 2. The second-order valence-electron chi connectivity index (χ2n) is 5.07. The first-order valence-electron chi connectivity index (χ1n) is 6.72. The quantitative estimate of drug-likeness (QED) is 0.852. The van der Waals surface area contributed by atoms with E-state index in [0.717, 1.165) is 16.1 Å². The van der Waals surface area contributed by atoms with Crippen LogP contribution in [-0.4, -0.2) is 35.1 Å². The molecule has 0 N–H and O–H groups in total. The molecule has 20 heavy (non-hydrogen) atoms. The Kier molecular flexibility index (Phi) is 3.63. The molecule has 3 heterocycles. The number of carbonyl (C=O) groups excluding carboxylic acids is 1. The summed E-state index contributed by atoms with van der Waals surface area (Å²) in [5, 5.41) is 1.97. The van der Waals surface area contributed by atoms with E-state index < -0.39 is 0 Å². The van der Waals surface area contributed by atoms with E-state index in [0.29, 0.717) is 19.8 Å². The Morgan fingerprint density at radius 1 is 1.45 bits per heavy atom. The lowest BCUT2D eigenvalue weighted by atomic mass is 10.1. The van der Waals surface area contributed by atoms with Gasteiger partial charge in [0.25, 0.3) is 5.91 Å². The van der Waals surface area contributed by atoms with Crippen molar-refractivity contribution in [2.75, 3.05) is 19.8 Å². The van der Waals surface area contributed by atoms with E-state index in [-0.39, 0.29) is 11.9 Å². The monoisotopic (exact) mass is 290 g/mol. The summed E-state index contributed by atoms with van der Waals surface area (Å²) < 4.78 is 7.64. The Labute approximate surface area is 122 Å². The predicted molar refractivity (Wildman–Crippen MR) is 79.1 cm³/mol. The predicted octanol–water partition coefficient (Wildman–Crippen LogP) is 2.61. The molecule has 0 bridgehead atoms. The maximum atomic E-state index is 12.8. The number of aromatic nitrogens is 1. The van der Waals surface area contributed by atoms with Gasteiger partial charge in [-0.15, -0.1) is 11.3 Å². The smallest absolute Gasteiger partial charge is 0.264 e. The summed E-state index contributed by atoms with van der Waals surface area (Å²) in [4.78, 5) is 15.6. The molecule has 1 atom stereocenters. The zero-order valence-corrected chi connectivity index (χ0v) is 12.5. The minimum absolute atomic E-state index is 0.00208. The van der Waals surface area contributed by atoms with Crippen molar-refractivity contribution in [3.8, 4) is 0 Å². The van der Waals surface area contributed by atoms with Crippen molar-refractivity contribution in [2.45, 2.75) is 13.0 Å². The Hall–Kier alpha value is -1.59. The Balaban J connectivity index is 1.92. The van der Waals surface area contributed by atoms with Crippen molar-refractivity contribution in [3.05, 3.63) is 45.9 Å². The molecule has 0 spiro atoms. The van der Waals surface area contributed by atoms with E-state index in [9.17, 15) is 4.79 Å². The van der Waals surface area contributed by atoms with Crippen molar-refractivity contribution in [1.82, 2.24) is 9.47 Å². The van der Waals surface area contributed by atoms with Gasteiger partial charge in [-0.3, -0.25) is 4.79 Å². The highest BCUT2D eigenvalue weighted by Crippen LogP contribution is 2.28. The zero-order chi connectivity index (χ0) is 14.1. The summed E-state index contributed by atoms with van der Waals surface area (Å²) in [6, 6.07) is 6.05. The Morgan fingerprint density at radius 3 is 2.95 bits per heavy atom. The molecule has 1 fully saturated rings. The topological polar surface area (TPSA) is 34.5 Å². The summed E-state index contributed by atoms with van der Waals surface area (Å²) in [6.45, 7) is 3.80. The number of aryl methyl sites for hydroxylation is 2. The Morgan fingerprint density at radius 2 is 2.30 bits per heavy atom. The van der Waals surface area contributed by atoms with Gasteiger partial charge in [-0.25, -0.2) is 0 Å². The summed E-state index contributed by atoms with van der Waals surface area (Å²) in [5.74, 6) is 0.118. The molecular formula is C15H18N2O2S. The number of rotatable bonds is 2. The lowest BCUT2D eigenvalue weighted by Gasteiger charge is -2.35. The highest BCUT2D eigenvalue weighted by molar-refractivity contribution is 7.12. The van der Waals surface area contributed by atoms with E-state index in [1.807, 2.05) is 42.6 Å². The molecule has 0 aromatic carbocycles. The van der Waals surface area contributed by atoms with Gasteiger partial charge in [0.2, 0.25) is 0 Å². The molecule has 0 saturated carbocycles. The average molecular weight is 290 g/mol. The summed E-state index contributed by atoms with van der Waals surface area (Å²) in [5.41, 5.74) is 2.17. The first-order chi connectivity index (χ1) is 9.68. The molecule has 106 valence electrons. The van der Waals surface area contributed by atoms with Gasteiger partial charge < -0.3 is 14.2 Å². The zero-order valence-electron chi connectivity index (χ0n) is 11.7. The van der Waals surface area contributed by atoms with Crippen LogP contribution >= 0.6 is 11.3 Å². The van der Waals surface area contributed by atoms with Crippen LogP contribution in [0.25, 0.3) is 0 Å². The minimum atomic E-state index is -0.00208. The van der Waals surface area contributed by atoms with Crippen LogP contribution < -0.4 is 0 Å². The summed E-state index contributed by atoms with van der Waals surface area (Å²) in [7, 11) is 2.00. The van der Waals surface area contributed by atoms with Gasteiger partial charge in [-0.1, -0.05) is 0 Å². The molecule has 1 aliphatic heterocycles.